The number of hydrogen-bond acceptors (Lipinski definition) is 6. The summed E-state index contributed by atoms with van der Waals surface area (Å²) in [5.74, 6) is -0.719. The maximum Gasteiger partial charge on any atom is 0.273 e. The number of H-pyrrole nitrogens is 1. The lowest BCUT2D eigenvalue weighted by atomic mass is 9.99. The van der Waals surface area contributed by atoms with Crippen molar-refractivity contribution in [1.29, 1.82) is 0 Å². The first-order valence-corrected chi connectivity index (χ1v) is 12.8. The monoisotopic (exact) mass is 531 g/mol. The van der Waals surface area contributed by atoms with Gasteiger partial charge in [0.15, 0.2) is 5.78 Å². The molecular formula is C30H25N7O3. The Morgan fingerprint density at radius 1 is 0.975 bits per heavy atom. The van der Waals surface area contributed by atoms with Gasteiger partial charge in [-0.05, 0) is 68.4 Å². The Labute approximate surface area is 229 Å². The van der Waals surface area contributed by atoms with Crippen LogP contribution in [-0.4, -0.2) is 37.6 Å². The number of nitrogens with one attached hydrogen (secondary N) is 4. The van der Waals surface area contributed by atoms with Crippen molar-refractivity contribution in [3.05, 3.63) is 107 Å². The Morgan fingerprint density at radius 3 is 2.55 bits per heavy atom. The first-order valence-electron chi connectivity index (χ1n) is 12.8. The predicted octanol–water partition coefficient (Wildman–Crippen LogP) is 4.98. The summed E-state index contributed by atoms with van der Waals surface area (Å²) >= 11 is 0. The van der Waals surface area contributed by atoms with Crippen LogP contribution in [0, 0.1) is 6.92 Å². The van der Waals surface area contributed by atoms with Crippen molar-refractivity contribution in [1.82, 2.24) is 20.0 Å². The quantitative estimate of drug-likeness (QED) is 0.173. The fourth-order valence-electron chi connectivity index (χ4n) is 4.70. The summed E-state index contributed by atoms with van der Waals surface area (Å²) in [7, 11) is 0. The minimum absolute atomic E-state index is 0.196. The predicted molar refractivity (Wildman–Crippen MR) is 153 cm³/mol. The molecule has 0 aliphatic carbocycles. The van der Waals surface area contributed by atoms with E-state index in [0.717, 1.165) is 22.3 Å². The van der Waals surface area contributed by atoms with Gasteiger partial charge in [0.05, 0.1) is 23.0 Å². The molecule has 0 spiro atoms. The molecule has 198 valence electrons. The first-order chi connectivity index (χ1) is 19.4. The molecule has 10 nitrogen and oxygen atoms in total. The van der Waals surface area contributed by atoms with Crippen molar-refractivity contribution in [2.24, 2.45) is 0 Å². The summed E-state index contributed by atoms with van der Waals surface area (Å²) in [6.07, 6.45) is 3.40. The van der Waals surface area contributed by atoms with Crippen molar-refractivity contribution in [3.8, 4) is 0 Å². The molecule has 0 unspecified atom stereocenters. The van der Waals surface area contributed by atoms with Gasteiger partial charge < -0.3 is 16.0 Å². The van der Waals surface area contributed by atoms with Crippen LogP contribution < -0.4 is 16.0 Å². The number of anilines is 3. The van der Waals surface area contributed by atoms with Gasteiger partial charge in [-0.25, -0.2) is 0 Å². The summed E-state index contributed by atoms with van der Waals surface area (Å²) < 4.78 is 1.64. The third-order valence-corrected chi connectivity index (χ3v) is 6.73. The third-order valence-electron chi connectivity index (χ3n) is 6.73. The zero-order valence-electron chi connectivity index (χ0n) is 21.8. The molecule has 2 aromatic heterocycles. The van der Waals surface area contributed by atoms with E-state index in [0.29, 0.717) is 45.9 Å². The van der Waals surface area contributed by atoms with Gasteiger partial charge in [-0.2, -0.15) is 10.2 Å². The van der Waals surface area contributed by atoms with Crippen LogP contribution in [0.25, 0.3) is 16.5 Å². The number of rotatable bonds is 7. The Balaban J connectivity index is 1.16. The molecule has 3 aromatic carbocycles. The van der Waals surface area contributed by atoms with Crippen molar-refractivity contribution < 1.29 is 14.4 Å². The van der Waals surface area contributed by atoms with Gasteiger partial charge in [0.2, 0.25) is 0 Å². The molecule has 4 N–H and O–H groups in total. The molecule has 2 amide bonds. The number of hydrogen-bond donors (Lipinski definition) is 4. The molecule has 0 fully saturated rings. The maximum absolute atomic E-state index is 13.2. The Bertz CT molecular complexity index is 1830. The van der Waals surface area contributed by atoms with Crippen molar-refractivity contribution in [3.63, 3.8) is 0 Å². The molecule has 1 aliphatic rings. The largest absolute Gasteiger partial charge is 0.361 e. The molecule has 10 heteroatoms. The number of carbonyl (C=O) groups excluding carboxylic acids is 3. The Kier molecular flexibility index (Phi) is 6.19. The number of nitrogens with zero attached hydrogens (tertiary/aromatic N) is 3. The highest BCUT2D eigenvalue weighted by atomic mass is 16.2. The second-order valence-corrected chi connectivity index (χ2v) is 9.44. The molecule has 5 aromatic rings. The molecule has 0 saturated heterocycles. The van der Waals surface area contributed by atoms with Crippen molar-refractivity contribution in [2.45, 2.75) is 20.4 Å². The second-order valence-electron chi connectivity index (χ2n) is 9.44. The number of aromatic amines is 1. The van der Waals surface area contributed by atoms with Crippen LogP contribution in [0.4, 0.5) is 17.1 Å². The molecule has 0 atom stereocenters. The van der Waals surface area contributed by atoms with Crippen LogP contribution in [0.15, 0.2) is 79.1 Å². The fourth-order valence-corrected chi connectivity index (χ4v) is 4.70. The second kappa shape index (κ2) is 9.99. The van der Waals surface area contributed by atoms with Gasteiger partial charge in [-0.15, -0.1) is 0 Å². The fraction of sp³-hybridized carbons (Fsp3) is 0.100. The number of carbonyl (C=O) groups is 3. The maximum atomic E-state index is 13.2. The zero-order chi connectivity index (χ0) is 27.8. The minimum atomic E-state index is -0.268. The summed E-state index contributed by atoms with van der Waals surface area (Å²) in [5.41, 5.74) is 6.15. The molecule has 0 bridgehead atoms. The van der Waals surface area contributed by atoms with Gasteiger partial charge in [-0.1, -0.05) is 12.1 Å². The van der Waals surface area contributed by atoms with Gasteiger partial charge >= 0.3 is 0 Å². The molecule has 6 rings (SSSR count). The third kappa shape index (κ3) is 4.62. The standard InChI is InChI=1S/C30H25N7O3/c1-3-37-27(12-17(2)36-37)30(40)33-21-8-4-18(5-9-21)28(38)19-7-11-23-24(29(39)34-26(23)13-19)16-31-22-10-6-20-15-32-35-25(20)14-22/h4-16,31H,3H2,1-2H3,(H,32,35)(H,33,40)(H,34,39)/b24-16+. The van der Waals surface area contributed by atoms with Gasteiger partial charge in [0.25, 0.3) is 11.8 Å². The number of ketones is 1. The van der Waals surface area contributed by atoms with Crippen molar-refractivity contribution >= 4 is 51.1 Å². The molecule has 1 aliphatic heterocycles. The number of aromatic nitrogens is 4. The van der Waals surface area contributed by atoms with Crippen LogP contribution in [0.1, 0.15) is 44.6 Å². The minimum Gasteiger partial charge on any atom is -0.361 e. The molecule has 0 saturated carbocycles. The highest BCUT2D eigenvalue weighted by Gasteiger charge is 2.25. The van der Waals surface area contributed by atoms with Crippen molar-refractivity contribution in [2.75, 3.05) is 16.0 Å². The van der Waals surface area contributed by atoms with E-state index in [9.17, 15) is 14.4 Å². The smallest absolute Gasteiger partial charge is 0.273 e. The van der Waals surface area contributed by atoms with Crippen LogP contribution in [0.5, 0.6) is 0 Å². The van der Waals surface area contributed by atoms with Crippen LogP contribution in [0.3, 0.4) is 0 Å². The van der Waals surface area contributed by atoms with E-state index in [-0.39, 0.29) is 17.6 Å². The van der Waals surface area contributed by atoms with Crippen LogP contribution >= 0.6 is 0 Å². The normalized spacial score (nSPS) is 13.3. The number of aryl methyl sites for hydroxylation is 2. The lowest BCUT2D eigenvalue weighted by Gasteiger charge is -2.08. The first kappa shape index (κ1) is 24.8. The van der Waals surface area contributed by atoms with Crippen LogP contribution in [-0.2, 0) is 11.3 Å². The Hall–Kier alpha value is -5.51. The summed E-state index contributed by atoms with van der Waals surface area (Å²) in [6.45, 7) is 4.34. The SMILES string of the molecule is CCn1nc(C)cc1C(=O)Nc1ccc(C(=O)c2ccc3c(c2)NC(=O)/C3=C/Nc2ccc3cn[nH]c3c2)cc1. The van der Waals surface area contributed by atoms with Gasteiger partial charge in [0, 0.05) is 51.9 Å². The number of fused-ring (bicyclic) bond motifs is 2. The summed E-state index contributed by atoms with van der Waals surface area (Å²) in [5, 5.41) is 21.1. The van der Waals surface area contributed by atoms with Gasteiger partial charge in [0.1, 0.15) is 5.69 Å². The van der Waals surface area contributed by atoms with E-state index in [1.54, 1.807) is 65.6 Å². The number of benzene rings is 3. The van der Waals surface area contributed by atoms with E-state index >= 15 is 0 Å². The average molecular weight is 532 g/mol. The van der Waals surface area contributed by atoms with E-state index in [4.69, 9.17) is 0 Å². The topological polar surface area (TPSA) is 134 Å². The molecule has 0 radical (unpaired) electrons. The summed E-state index contributed by atoms with van der Waals surface area (Å²) in [6, 6.07) is 19.3. The van der Waals surface area contributed by atoms with E-state index in [1.165, 1.54) is 0 Å². The summed E-state index contributed by atoms with van der Waals surface area (Å²) in [4.78, 5) is 38.6. The number of amides is 2. The zero-order valence-corrected chi connectivity index (χ0v) is 21.8. The lowest BCUT2D eigenvalue weighted by Crippen LogP contribution is -2.17. The van der Waals surface area contributed by atoms with Gasteiger partial charge in [-0.3, -0.25) is 24.2 Å². The molecular weight excluding hydrogens is 506 g/mol. The van der Waals surface area contributed by atoms with Crippen LogP contribution in [0.2, 0.25) is 0 Å². The average Bonchev–Trinajstić information content (AvgIpc) is 3.67. The van der Waals surface area contributed by atoms with E-state index < -0.39 is 0 Å². The van der Waals surface area contributed by atoms with E-state index in [2.05, 4.69) is 31.2 Å². The highest BCUT2D eigenvalue weighted by molar-refractivity contribution is 6.32. The lowest BCUT2D eigenvalue weighted by molar-refractivity contribution is -0.110. The highest BCUT2D eigenvalue weighted by Crippen LogP contribution is 2.33. The Morgan fingerprint density at radius 2 is 1.75 bits per heavy atom. The van der Waals surface area contributed by atoms with E-state index in [1.807, 2.05) is 32.0 Å². The molecule has 3 heterocycles. The molecule has 40 heavy (non-hydrogen) atoms.